The van der Waals surface area contributed by atoms with E-state index in [1.54, 1.807) is 0 Å². The highest BCUT2D eigenvalue weighted by molar-refractivity contribution is 9.10. The van der Waals surface area contributed by atoms with Crippen LogP contribution < -0.4 is 0 Å². The molecule has 5 heteroatoms. The zero-order chi connectivity index (χ0) is 13.2. The first-order valence-electron chi connectivity index (χ1n) is 5.93. The first-order chi connectivity index (χ1) is 8.53. The van der Waals surface area contributed by atoms with Gasteiger partial charge in [0.1, 0.15) is 16.1 Å². The Hall–Kier alpha value is -0.680. The molecular weight excluding hydrogens is 316 g/mol. The molecule has 98 valence electrons. The van der Waals surface area contributed by atoms with Gasteiger partial charge in [0.15, 0.2) is 0 Å². The summed E-state index contributed by atoms with van der Waals surface area (Å²) in [6, 6.07) is 7.63. The molecule has 1 aliphatic rings. The van der Waals surface area contributed by atoms with Gasteiger partial charge in [0.05, 0.1) is 11.5 Å². The molecule has 2 rings (SSSR count). The number of carbonyl (C=O) groups is 1. The van der Waals surface area contributed by atoms with E-state index in [9.17, 15) is 13.2 Å². The second-order valence-electron chi connectivity index (χ2n) is 4.67. The Kier molecular flexibility index (Phi) is 4.22. The van der Waals surface area contributed by atoms with E-state index in [4.69, 9.17) is 0 Å². The van der Waals surface area contributed by atoms with Gasteiger partial charge < -0.3 is 4.79 Å². The average Bonchev–Trinajstić information content (AvgIpc) is 2.34. The minimum absolute atomic E-state index is 0.129. The number of hydrogen-bond donors (Lipinski definition) is 0. The van der Waals surface area contributed by atoms with E-state index in [0.717, 1.165) is 16.3 Å². The fourth-order valence-electron chi connectivity index (χ4n) is 2.45. The van der Waals surface area contributed by atoms with Crippen molar-refractivity contribution >= 4 is 32.1 Å². The lowest BCUT2D eigenvalue weighted by Gasteiger charge is -2.27. The van der Waals surface area contributed by atoms with Crippen LogP contribution >= 0.6 is 15.9 Å². The molecule has 18 heavy (non-hydrogen) atoms. The summed E-state index contributed by atoms with van der Waals surface area (Å²) < 4.78 is 23.7. The molecule has 0 aromatic heterocycles. The molecule has 0 N–H and O–H groups in total. The Morgan fingerprint density at radius 3 is 2.39 bits per heavy atom. The average molecular weight is 331 g/mol. The molecule has 1 aliphatic heterocycles. The van der Waals surface area contributed by atoms with Crippen molar-refractivity contribution in [3.8, 4) is 0 Å². The zero-order valence-corrected chi connectivity index (χ0v) is 12.3. The molecule has 3 nitrogen and oxygen atoms in total. The summed E-state index contributed by atoms with van der Waals surface area (Å²) in [6.07, 6.45) is 2.10. The van der Waals surface area contributed by atoms with E-state index in [2.05, 4.69) is 15.9 Å². The summed E-state index contributed by atoms with van der Waals surface area (Å²) in [5, 5.41) is 0. The lowest BCUT2D eigenvalue weighted by Crippen LogP contribution is -2.28. The van der Waals surface area contributed by atoms with Gasteiger partial charge in [0.2, 0.25) is 0 Å². The third kappa shape index (κ3) is 3.01. The highest BCUT2D eigenvalue weighted by atomic mass is 79.9. The Morgan fingerprint density at radius 2 is 1.83 bits per heavy atom. The normalized spacial score (nSPS) is 21.4. The molecule has 1 heterocycles. The molecule has 0 bridgehead atoms. The largest absolute Gasteiger partial charge is 0.303 e. The zero-order valence-electron chi connectivity index (χ0n) is 9.88. The second-order valence-corrected chi connectivity index (χ2v) is 7.83. The highest BCUT2D eigenvalue weighted by Gasteiger charge is 2.30. The van der Waals surface area contributed by atoms with Crippen LogP contribution in [-0.4, -0.2) is 26.2 Å². The topological polar surface area (TPSA) is 51.2 Å². The maximum Gasteiger partial charge on any atom is 0.150 e. The minimum atomic E-state index is -2.88. The molecule has 1 aromatic carbocycles. The first-order valence-corrected chi connectivity index (χ1v) is 8.55. The van der Waals surface area contributed by atoms with E-state index < -0.39 is 9.84 Å². The van der Waals surface area contributed by atoms with E-state index in [1.807, 2.05) is 24.3 Å². The van der Waals surface area contributed by atoms with E-state index in [1.165, 1.54) is 0 Å². The molecule has 1 aromatic rings. The number of rotatable bonds is 3. The highest BCUT2D eigenvalue weighted by Crippen LogP contribution is 2.35. The van der Waals surface area contributed by atoms with Crippen molar-refractivity contribution in [3.63, 3.8) is 0 Å². The fraction of sp³-hybridized carbons (Fsp3) is 0.462. The molecule has 1 atom stereocenters. The van der Waals surface area contributed by atoms with Crippen LogP contribution in [0.5, 0.6) is 0 Å². The van der Waals surface area contributed by atoms with Crippen LogP contribution in [0.3, 0.4) is 0 Å². The minimum Gasteiger partial charge on any atom is -0.303 e. The predicted molar refractivity (Wildman–Crippen MR) is 74.3 cm³/mol. The number of carbonyl (C=O) groups excluding carboxylic acids is 1. The number of hydrogen-bond acceptors (Lipinski definition) is 3. The summed E-state index contributed by atoms with van der Waals surface area (Å²) in [7, 11) is -2.88. The monoisotopic (exact) mass is 330 g/mol. The molecular formula is C13H15BrO3S. The third-order valence-corrected chi connectivity index (χ3v) is 5.96. The van der Waals surface area contributed by atoms with Crippen LogP contribution in [0.4, 0.5) is 0 Å². The van der Waals surface area contributed by atoms with E-state index in [0.29, 0.717) is 12.8 Å². The summed E-state index contributed by atoms with van der Waals surface area (Å²) in [5.41, 5.74) is 0.955. The summed E-state index contributed by atoms with van der Waals surface area (Å²) in [5.74, 6) is 0.319. The van der Waals surface area contributed by atoms with Crippen molar-refractivity contribution in [3.05, 3.63) is 34.3 Å². The van der Waals surface area contributed by atoms with Crippen molar-refractivity contribution in [1.29, 1.82) is 0 Å². The number of halogens is 1. The first kappa shape index (κ1) is 13.7. The SMILES string of the molecule is O=CC(c1ccccc1Br)C1CCS(=O)(=O)CC1. The van der Waals surface area contributed by atoms with Gasteiger partial charge in [0.25, 0.3) is 0 Å². The van der Waals surface area contributed by atoms with Crippen molar-refractivity contribution in [2.45, 2.75) is 18.8 Å². The maximum absolute atomic E-state index is 11.4. The molecule has 0 spiro atoms. The van der Waals surface area contributed by atoms with Crippen LogP contribution in [0.1, 0.15) is 24.3 Å². The number of benzene rings is 1. The standard InChI is InChI=1S/C13H15BrO3S/c14-13-4-2-1-3-11(13)12(9-15)10-5-7-18(16,17)8-6-10/h1-4,9-10,12H,5-8H2. The van der Waals surface area contributed by atoms with Crippen LogP contribution in [0, 0.1) is 5.92 Å². The number of sulfone groups is 1. The molecule has 1 fully saturated rings. The molecule has 0 amide bonds. The Labute approximate surface area is 116 Å². The van der Waals surface area contributed by atoms with Crippen molar-refractivity contribution in [2.24, 2.45) is 5.92 Å². The summed E-state index contributed by atoms with van der Waals surface area (Å²) in [4.78, 5) is 11.3. The van der Waals surface area contributed by atoms with Gasteiger partial charge in [-0.15, -0.1) is 0 Å². The van der Waals surface area contributed by atoms with Gasteiger partial charge in [0, 0.05) is 10.4 Å². The van der Waals surface area contributed by atoms with Gasteiger partial charge >= 0.3 is 0 Å². The Balaban J connectivity index is 2.21. The molecule has 0 radical (unpaired) electrons. The van der Waals surface area contributed by atoms with Crippen molar-refractivity contribution < 1.29 is 13.2 Å². The third-order valence-electron chi connectivity index (χ3n) is 3.52. The Bertz CT molecular complexity index is 525. The predicted octanol–water partition coefficient (Wildman–Crippen LogP) is 2.56. The quantitative estimate of drug-likeness (QED) is 0.800. The maximum atomic E-state index is 11.4. The number of aldehydes is 1. The molecule has 1 saturated heterocycles. The Morgan fingerprint density at radius 1 is 1.22 bits per heavy atom. The van der Waals surface area contributed by atoms with Crippen LogP contribution in [0.25, 0.3) is 0 Å². The van der Waals surface area contributed by atoms with Gasteiger partial charge in [-0.2, -0.15) is 0 Å². The molecule has 0 saturated carbocycles. The summed E-state index contributed by atoms with van der Waals surface area (Å²) >= 11 is 3.45. The van der Waals surface area contributed by atoms with Gasteiger partial charge in [-0.3, -0.25) is 0 Å². The van der Waals surface area contributed by atoms with Crippen molar-refractivity contribution in [1.82, 2.24) is 0 Å². The summed E-state index contributed by atoms with van der Waals surface area (Å²) in [6.45, 7) is 0. The van der Waals surface area contributed by atoms with Crippen LogP contribution in [0.2, 0.25) is 0 Å². The van der Waals surface area contributed by atoms with Gasteiger partial charge in [-0.1, -0.05) is 34.1 Å². The van der Waals surface area contributed by atoms with Crippen LogP contribution in [-0.2, 0) is 14.6 Å². The van der Waals surface area contributed by atoms with Crippen LogP contribution in [0.15, 0.2) is 28.7 Å². The lowest BCUT2D eigenvalue weighted by atomic mass is 9.83. The second kappa shape index (κ2) is 5.53. The van der Waals surface area contributed by atoms with E-state index in [-0.39, 0.29) is 23.3 Å². The van der Waals surface area contributed by atoms with E-state index >= 15 is 0 Å². The van der Waals surface area contributed by atoms with Gasteiger partial charge in [-0.05, 0) is 30.4 Å². The molecule has 1 unspecified atom stereocenters. The molecule has 0 aliphatic carbocycles. The smallest absolute Gasteiger partial charge is 0.150 e. The van der Waals surface area contributed by atoms with Crippen molar-refractivity contribution in [2.75, 3.05) is 11.5 Å². The lowest BCUT2D eigenvalue weighted by molar-refractivity contribution is -0.110. The van der Waals surface area contributed by atoms with Gasteiger partial charge in [-0.25, -0.2) is 8.42 Å². The fourth-order valence-corrected chi connectivity index (χ4v) is 4.53.